The van der Waals surface area contributed by atoms with Crippen molar-refractivity contribution in [2.75, 3.05) is 0 Å². The Labute approximate surface area is 156 Å². The highest BCUT2D eigenvalue weighted by Crippen LogP contribution is 2.46. The fourth-order valence-electron chi connectivity index (χ4n) is 2.21. The maximum Gasteiger partial charge on any atom is 0.216 e. The van der Waals surface area contributed by atoms with Crippen LogP contribution in [0.5, 0.6) is 0 Å². The van der Waals surface area contributed by atoms with Gasteiger partial charge < -0.3 is 0 Å². The van der Waals surface area contributed by atoms with Gasteiger partial charge in [-0.05, 0) is 0 Å². The molecule has 0 radical (unpaired) electrons. The largest absolute Gasteiger partial charge is 0.216 e. The molecular formula is C15H9F7S3Si. The highest BCUT2D eigenvalue weighted by molar-refractivity contribution is 7.31. The van der Waals surface area contributed by atoms with E-state index in [2.05, 4.69) is 0 Å². The molecule has 0 aliphatic rings. The Hall–Kier alpha value is -1.17. The van der Waals surface area contributed by atoms with E-state index < -0.39 is 67.6 Å². The Kier molecular flexibility index (Phi) is 4.87. The topological polar surface area (TPSA) is 0 Å². The second kappa shape index (κ2) is 6.46. The first-order valence-electron chi connectivity index (χ1n) is 7.05. The summed E-state index contributed by atoms with van der Waals surface area (Å²) in [7, 11) is -2.29. The fourth-order valence-corrected chi connectivity index (χ4v) is 7.40. The average Bonchev–Trinajstić information content (AvgIpc) is 3.10. The molecule has 0 nitrogen and oxygen atoms in total. The van der Waals surface area contributed by atoms with Crippen molar-refractivity contribution >= 4 is 46.6 Å². The van der Waals surface area contributed by atoms with Gasteiger partial charge in [0.25, 0.3) is 0 Å². The molecule has 0 saturated carbocycles. The van der Waals surface area contributed by atoms with Crippen molar-refractivity contribution in [2.24, 2.45) is 0 Å². The predicted octanol–water partition coefficient (Wildman–Crippen LogP) is 6.72. The van der Waals surface area contributed by atoms with Crippen molar-refractivity contribution in [3.63, 3.8) is 0 Å². The van der Waals surface area contributed by atoms with E-state index in [9.17, 15) is 30.7 Å². The van der Waals surface area contributed by atoms with Crippen LogP contribution in [0.4, 0.5) is 30.7 Å². The minimum Gasteiger partial charge on any atom is -0.203 e. The Bertz CT molecular complexity index is 1010. The Morgan fingerprint density at radius 2 is 0.885 bits per heavy atom. The molecule has 0 spiro atoms. The summed E-state index contributed by atoms with van der Waals surface area (Å²) in [6.45, 7) is 5.28. The van der Waals surface area contributed by atoms with Crippen LogP contribution in [0.2, 0.25) is 19.6 Å². The third-order valence-electron chi connectivity index (χ3n) is 3.44. The lowest BCUT2D eigenvalue weighted by Crippen LogP contribution is -2.37. The molecule has 0 atom stereocenters. The van der Waals surface area contributed by atoms with Gasteiger partial charge >= 0.3 is 0 Å². The molecule has 0 aromatic carbocycles. The molecule has 0 unspecified atom stereocenters. The molecule has 3 heterocycles. The molecule has 3 rings (SSSR count). The predicted molar refractivity (Wildman–Crippen MR) is 93.6 cm³/mol. The van der Waals surface area contributed by atoms with E-state index in [0.29, 0.717) is 11.3 Å². The summed E-state index contributed by atoms with van der Waals surface area (Å²) >= 11 is 0.921. The van der Waals surface area contributed by atoms with E-state index in [1.54, 1.807) is 19.6 Å². The number of halogens is 7. The lowest BCUT2D eigenvalue weighted by Gasteiger charge is -2.12. The van der Waals surface area contributed by atoms with Gasteiger partial charge in [-0.3, -0.25) is 0 Å². The monoisotopic (exact) mass is 446 g/mol. The Balaban J connectivity index is 2.22. The summed E-state index contributed by atoms with van der Waals surface area (Å²) in [6, 6.07) is 0. The molecule has 3 aromatic heterocycles. The van der Waals surface area contributed by atoms with E-state index in [1.807, 2.05) is 0 Å². The van der Waals surface area contributed by atoms with Crippen LogP contribution < -0.4 is 4.50 Å². The van der Waals surface area contributed by atoms with Crippen molar-refractivity contribution in [3.8, 4) is 19.5 Å². The summed E-state index contributed by atoms with van der Waals surface area (Å²) in [6.07, 6.45) is 0. The molecule has 140 valence electrons. The third-order valence-corrected chi connectivity index (χ3v) is 10.5. The van der Waals surface area contributed by atoms with Crippen molar-refractivity contribution < 1.29 is 30.7 Å². The SMILES string of the molecule is C[Si](C)(C)c1sc(-c2sc(-c3sc(F)c(F)c3F)c(F)c2F)c(F)c1F. The normalized spacial score (nSPS) is 12.2. The third kappa shape index (κ3) is 2.94. The minimum atomic E-state index is -2.29. The second-order valence-corrected chi connectivity index (χ2v) is 14.7. The molecule has 0 N–H and O–H groups in total. The first kappa shape index (κ1) is 19.6. The van der Waals surface area contributed by atoms with Crippen LogP contribution in [0.15, 0.2) is 0 Å². The quantitative estimate of drug-likeness (QED) is 0.309. The number of thiophene rings is 3. The highest BCUT2D eigenvalue weighted by atomic mass is 32.1. The summed E-state index contributed by atoms with van der Waals surface area (Å²) in [5.41, 5.74) is 0. The van der Waals surface area contributed by atoms with Crippen LogP contribution in [0, 0.1) is 40.0 Å². The smallest absolute Gasteiger partial charge is 0.203 e. The van der Waals surface area contributed by atoms with Gasteiger partial charge in [0.1, 0.15) is 0 Å². The number of hydrogen-bond acceptors (Lipinski definition) is 3. The van der Waals surface area contributed by atoms with Gasteiger partial charge in [0.05, 0.1) is 27.6 Å². The fraction of sp³-hybridized carbons (Fsp3) is 0.200. The molecule has 0 bridgehead atoms. The van der Waals surface area contributed by atoms with Gasteiger partial charge in [-0.1, -0.05) is 31.0 Å². The zero-order valence-electron chi connectivity index (χ0n) is 13.4. The van der Waals surface area contributed by atoms with E-state index >= 15 is 0 Å². The van der Waals surface area contributed by atoms with Crippen molar-refractivity contribution in [2.45, 2.75) is 19.6 Å². The van der Waals surface area contributed by atoms with Crippen LogP contribution in [0.25, 0.3) is 19.5 Å². The molecule has 0 aliphatic heterocycles. The van der Waals surface area contributed by atoms with Crippen LogP contribution >= 0.6 is 34.0 Å². The molecular weight excluding hydrogens is 437 g/mol. The van der Waals surface area contributed by atoms with Crippen molar-refractivity contribution in [1.29, 1.82) is 0 Å². The lowest BCUT2D eigenvalue weighted by molar-refractivity contribution is 0.468. The summed E-state index contributed by atoms with van der Waals surface area (Å²) < 4.78 is 97.2. The first-order chi connectivity index (χ1) is 11.9. The number of hydrogen-bond donors (Lipinski definition) is 0. The van der Waals surface area contributed by atoms with Gasteiger partial charge in [0, 0.05) is 4.50 Å². The van der Waals surface area contributed by atoms with Crippen LogP contribution in [-0.2, 0) is 0 Å². The van der Waals surface area contributed by atoms with Crippen molar-refractivity contribution in [3.05, 3.63) is 40.0 Å². The molecule has 0 amide bonds. The molecule has 3 aromatic rings. The lowest BCUT2D eigenvalue weighted by atomic mass is 10.3. The molecule has 0 fully saturated rings. The zero-order chi connectivity index (χ0) is 19.5. The van der Waals surface area contributed by atoms with Gasteiger partial charge in [-0.25, -0.2) is 22.0 Å². The second-order valence-electron chi connectivity index (χ2n) is 6.36. The zero-order valence-corrected chi connectivity index (χ0v) is 16.8. The van der Waals surface area contributed by atoms with Gasteiger partial charge in [-0.2, -0.15) is 8.78 Å². The van der Waals surface area contributed by atoms with E-state index in [4.69, 9.17) is 0 Å². The number of rotatable bonds is 3. The van der Waals surface area contributed by atoms with Crippen molar-refractivity contribution in [1.82, 2.24) is 0 Å². The molecule has 0 saturated heterocycles. The van der Waals surface area contributed by atoms with E-state index in [1.165, 1.54) is 0 Å². The van der Waals surface area contributed by atoms with E-state index in [0.717, 1.165) is 0 Å². The molecule has 0 aliphatic carbocycles. The standard InChI is InChI=1S/C15H9F7S3Si/c1-26(2,3)15-9(21)7(19)13(25-15)11-5(17)4(16)10(23-11)12-6(18)8(20)14(22)24-12/h1-3H3. The molecule has 26 heavy (non-hydrogen) atoms. The summed E-state index contributed by atoms with van der Waals surface area (Å²) in [5, 5.41) is -1.51. The summed E-state index contributed by atoms with van der Waals surface area (Å²) in [4.78, 5) is -2.50. The van der Waals surface area contributed by atoms with Crippen LogP contribution in [0.1, 0.15) is 0 Å². The van der Waals surface area contributed by atoms with Crippen LogP contribution in [-0.4, -0.2) is 8.07 Å². The Morgan fingerprint density at radius 1 is 0.500 bits per heavy atom. The van der Waals surface area contributed by atoms with Gasteiger partial charge in [0.15, 0.2) is 29.1 Å². The first-order valence-corrected chi connectivity index (χ1v) is 13.0. The molecule has 11 heteroatoms. The van der Waals surface area contributed by atoms with Crippen LogP contribution in [0.3, 0.4) is 0 Å². The van der Waals surface area contributed by atoms with E-state index in [-0.39, 0.29) is 27.2 Å². The minimum absolute atomic E-state index is 0.0282. The van der Waals surface area contributed by atoms with Gasteiger partial charge in [-0.15, -0.1) is 22.7 Å². The Morgan fingerprint density at radius 3 is 1.27 bits per heavy atom. The highest BCUT2D eigenvalue weighted by Gasteiger charge is 2.33. The maximum absolute atomic E-state index is 14.3. The van der Waals surface area contributed by atoms with Gasteiger partial charge in [0.2, 0.25) is 10.9 Å². The summed E-state index contributed by atoms with van der Waals surface area (Å²) in [5.74, 6) is -8.95. The average molecular weight is 447 g/mol. The maximum atomic E-state index is 14.3.